The summed E-state index contributed by atoms with van der Waals surface area (Å²) in [5, 5.41) is 10.3. The van der Waals surface area contributed by atoms with E-state index in [-0.39, 0.29) is 16.5 Å². The number of nitrogens with one attached hydrogen (secondary N) is 2. The van der Waals surface area contributed by atoms with E-state index in [0.29, 0.717) is 0 Å². The second-order valence-electron chi connectivity index (χ2n) is 3.54. The Balaban J connectivity index is 3.04. The minimum absolute atomic E-state index is 0.100. The van der Waals surface area contributed by atoms with Gasteiger partial charge in [-0.2, -0.15) is 0 Å². The van der Waals surface area contributed by atoms with Crippen LogP contribution in [-0.4, -0.2) is 27.4 Å². The number of carbonyl (C=O) groups is 1. The highest BCUT2D eigenvalue weighted by Crippen LogP contribution is 2.19. The molecule has 0 fully saturated rings. The molecule has 0 saturated carbocycles. The highest BCUT2D eigenvalue weighted by atomic mass is 32.2. The van der Waals surface area contributed by atoms with Crippen LogP contribution in [0.2, 0.25) is 0 Å². The summed E-state index contributed by atoms with van der Waals surface area (Å²) in [7, 11) is -2.21. The summed E-state index contributed by atoms with van der Waals surface area (Å²) in [4.78, 5) is 11.5. The van der Waals surface area contributed by atoms with Gasteiger partial charge < -0.3 is 10.6 Å². The number of primary sulfonamides is 1. The van der Waals surface area contributed by atoms with Gasteiger partial charge in [-0.3, -0.25) is 4.79 Å². The van der Waals surface area contributed by atoms with Crippen LogP contribution in [0.4, 0.5) is 5.69 Å². The molecular weight excluding hydrogens is 242 g/mol. The van der Waals surface area contributed by atoms with Gasteiger partial charge in [0.05, 0.1) is 11.7 Å². The molecule has 1 aromatic rings. The molecule has 7 heteroatoms. The second-order valence-corrected chi connectivity index (χ2v) is 5.07. The third-order valence-corrected chi connectivity index (χ3v) is 3.25. The van der Waals surface area contributed by atoms with Gasteiger partial charge in [0.1, 0.15) is 4.90 Å². The van der Waals surface area contributed by atoms with Crippen molar-refractivity contribution in [1.29, 1.82) is 0 Å². The molecule has 1 aromatic carbocycles. The first-order chi connectivity index (χ1) is 7.86. The van der Waals surface area contributed by atoms with Crippen LogP contribution in [-0.2, 0) is 14.8 Å². The fraction of sp³-hybridized carbons (Fsp3) is 0.300. The Morgan fingerprint density at radius 3 is 2.47 bits per heavy atom. The van der Waals surface area contributed by atoms with Crippen LogP contribution < -0.4 is 15.8 Å². The topological polar surface area (TPSA) is 101 Å². The molecule has 0 radical (unpaired) electrons. The average molecular weight is 257 g/mol. The summed E-state index contributed by atoms with van der Waals surface area (Å²) in [5.74, 6) is -0.330. The fourth-order valence-corrected chi connectivity index (χ4v) is 1.88. The Labute approximate surface area is 100 Å². The second kappa shape index (κ2) is 5.26. The number of hydrogen-bond acceptors (Lipinski definition) is 4. The molecule has 0 aliphatic rings. The summed E-state index contributed by atoms with van der Waals surface area (Å²) < 4.78 is 22.6. The Morgan fingerprint density at radius 2 is 1.94 bits per heavy atom. The van der Waals surface area contributed by atoms with Crippen molar-refractivity contribution in [3.63, 3.8) is 0 Å². The molecule has 94 valence electrons. The molecule has 0 aromatic heterocycles. The van der Waals surface area contributed by atoms with Crippen molar-refractivity contribution in [2.24, 2.45) is 5.14 Å². The lowest BCUT2D eigenvalue weighted by Gasteiger charge is -2.13. The van der Waals surface area contributed by atoms with E-state index >= 15 is 0 Å². The van der Waals surface area contributed by atoms with Crippen molar-refractivity contribution in [3.8, 4) is 0 Å². The summed E-state index contributed by atoms with van der Waals surface area (Å²) in [5.41, 5.74) is 0.183. The fourth-order valence-electron chi connectivity index (χ4n) is 1.19. The van der Waals surface area contributed by atoms with Gasteiger partial charge in [-0.15, -0.1) is 0 Å². The number of sulfonamides is 1. The number of amides is 1. The molecule has 17 heavy (non-hydrogen) atoms. The van der Waals surface area contributed by atoms with E-state index in [2.05, 4.69) is 10.6 Å². The minimum atomic E-state index is -3.85. The number of hydrogen-bond donors (Lipinski definition) is 3. The van der Waals surface area contributed by atoms with Crippen molar-refractivity contribution in [2.75, 3.05) is 12.4 Å². The number of para-hydroxylation sites is 1. The number of likely N-dealkylation sites (N-methyl/N-ethyl adjacent to an activating group) is 1. The third kappa shape index (κ3) is 3.52. The SMILES string of the molecule is CNC(C)C(=O)Nc1ccccc1S(N)(=O)=O. The van der Waals surface area contributed by atoms with E-state index in [1.807, 2.05) is 0 Å². The van der Waals surface area contributed by atoms with Gasteiger partial charge in [-0.05, 0) is 26.1 Å². The monoisotopic (exact) mass is 257 g/mol. The van der Waals surface area contributed by atoms with Crippen molar-refractivity contribution in [2.45, 2.75) is 17.9 Å². The molecule has 1 unspecified atom stereocenters. The minimum Gasteiger partial charge on any atom is -0.324 e. The van der Waals surface area contributed by atoms with Crippen LogP contribution in [0.1, 0.15) is 6.92 Å². The predicted molar refractivity (Wildman–Crippen MR) is 65.0 cm³/mol. The van der Waals surface area contributed by atoms with E-state index in [0.717, 1.165) is 0 Å². The Hall–Kier alpha value is -1.44. The molecule has 0 bridgehead atoms. The molecule has 1 amide bonds. The zero-order valence-corrected chi connectivity index (χ0v) is 10.4. The smallest absolute Gasteiger partial charge is 0.241 e. The Bertz CT molecular complexity index is 513. The van der Waals surface area contributed by atoms with E-state index < -0.39 is 16.1 Å². The van der Waals surface area contributed by atoms with E-state index in [1.54, 1.807) is 20.0 Å². The van der Waals surface area contributed by atoms with Crippen LogP contribution in [0, 0.1) is 0 Å². The first kappa shape index (κ1) is 13.6. The largest absolute Gasteiger partial charge is 0.324 e. The number of nitrogens with two attached hydrogens (primary N) is 1. The zero-order chi connectivity index (χ0) is 13.1. The van der Waals surface area contributed by atoms with Crippen molar-refractivity contribution >= 4 is 21.6 Å². The quantitative estimate of drug-likeness (QED) is 0.700. The van der Waals surface area contributed by atoms with Gasteiger partial charge >= 0.3 is 0 Å². The van der Waals surface area contributed by atoms with Crippen LogP contribution >= 0.6 is 0 Å². The maximum absolute atomic E-state index is 11.6. The normalized spacial score (nSPS) is 13.1. The van der Waals surface area contributed by atoms with Gasteiger partial charge in [-0.25, -0.2) is 13.6 Å². The van der Waals surface area contributed by atoms with E-state index in [1.165, 1.54) is 18.2 Å². The number of carbonyl (C=O) groups excluding carboxylic acids is 1. The third-order valence-electron chi connectivity index (χ3n) is 2.28. The highest BCUT2D eigenvalue weighted by molar-refractivity contribution is 7.89. The average Bonchev–Trinajstić information content (AvgIpc) is 2.27. The summed E-state index contributed by atoms with van der Waals surface area (Å²) >= 11 is 0. The number of benzene rings is 1. The maximum atomic E-state index is 11.6. The van der Waals surface area contributed by atoms with Crippen LogP contribution in [0.15, 0.2) is 29.2 Å². The van der Waals surface area contributed by atoms with Crippen molar-refractivity contribution in [1.82, 2.24) is 5.32 Å². The molecule has 1 atom stereocenters. The lowest BCUT2D eigenvalue weighted by molar-refractivity contribution is -0.117. The summed E-state index contributed by atoms with van der Waals surface area (Å²) in [6.45, 7) is 1.66. The number of rotatable bonds is 4. The zero-order valence-electron chi connectivity index (χ0n) is 9.60. The number of anilines is 1. The highest BCUT2D eigenvalue weighted by Gasteiger charge is 2.17. The standard InChI is InChI=1S/C10H15N3O3S/c1-7(12-2)10(14)13-8-5-3-4-6-9(8)17(11,15)16/h3-7,12H,1-2H3,(H,13,14)(H2,11,15,16). The van der Waals surface area contributed by atoms with Gasteiger partial charge in [0.15, 0.2) is 0 Å². The summed E-state index contributed by atoms with van der Waals surface area (Å²) in [6, 6.07) is 5.56. The lowest BCUT2D eigenvalue weighted by atomic mass is 10.2. The predicted octanol–water partition coefficient (Wildman–Crippen LogP) is -0.120. The molecule has 1 rings (SSSR count). The van der Waals surface area contributed by atoms with Crippen molar-refractivity contribution < 1.29 is 13.2 Å². The van der Waals surface area contributed by atoms with Gasteiger partial charge in [0.2, 0.25) is 15.9 Å². The molecule has 4 N–H and O–H groups in total. The molecule has 0 spiro atoms. The van der Waals surface area contributed by atoms with Crippen molar-refractivity contribution in [3.05, 3.63) is 24.3 Å². The first-order valence-corrected chi connectivity index (χ1v) is 6.51. The van der Waals surface area contributed by atoms with Gasteiger partial charge in [-0.1, -0.05) is 12.1 Å². The van der Waals surface area contributed by atoms with Gasteiger partial charge in [0, 0.05) is 0 Å². The van der Waals surface area contributed by atoms with E-state index in [4.69, 9.17) is 5.14 Å². The van der Waals surface area contributed by atoms with Crippen LogP contribution in [0.5, 0.6) is 0 Å². The van der Waals surface area contributed by atoms with E-state index in [9.17, 15) is 13.2 Å². The lowest BCUT2D eigenvalue weighted by Crippen LogP contribution is -2.36. The van der Waals surface area contributed by atoms with Gasteiger partial charge in [0.25, 0.3) is 0 Å². The molecule has 0 saturated heterocycles. The molecule has 6 nitrogen and oxygen atoms in total. The molecule has 0 aliphatic heterocycles. The molecular formula is C10H15N3O3S. The summed E-state index contributed by atoms with van der Waals surface area (Å²) in [6.07, 6.45) is 0. The molecule has 0 aliphatic carbocycles. The van der Waals surface area contributed by atoms with Crippen LogP contribution in [0.3, 0.4) is 0 Å². The first-order valence-electron chi connectivity index (χ1n) is 4.96. The van der Waals surface area contributed by atoms with Crippen LogP contribution in [0.25, 0.3) is 0 Å². The Kier molecular flexibility index (Phi) is 4.22. The molecule has 0 heterocycles. The Morgan fingerprint density at radius 1 is 1.35 bits per heavy atom. The maximum Gasteiger partial charge on any atom is 0.241 e.